The molecule has 2 amide bonds. The summed E-state index contributed by atoms with van der Waals surface area (Å²) in [5.74, 6) is -2.92. The Labute approximate surface area is 201 Å². The van der Waals surface area contributed by atoms with Crippen molar-refractivity contribution in [1.82, 2.24) is 10.6 Å². The number of amides is 2. The van der Waals surface area contributed by atoms with Crippen LogP contribution >= 0.6 is 22.1 Å². The molecule has 2 atom stereocenters. The maximum Gasteiger partial charge on any atom is 0.322 e. The summed E-state index contributed by atoms with van der Waals surface area (Å²) in [4.78, 5) is 56.2. The molecule has 1 saturated carbocycles. The molecular weight excluding hydrogens is 472 g/mol. The molecule has 0 spiro atoms. The van der Waals surface area contributed by atoms with Gasteiger partial charge in [0.1, 0.15) is 18.4 Å². The Morgan fingerprint density at radius 2 is 1.70 bits per heavy atom. The van der Waals surface area contributed by atoms with Crippen LogP contribution in [0.15, 0.2) is 0 Å². The summed E-state index contributed by atoms with van der Waals surface area (Å²) in [6.07, 6.45) is 5.44. The molecule has 0 radical (unpaired) electrons. The number of thioether (sulfide) groups is 1. The second-order valence-corrected chi connectivity index (χ2v) is 14.2. The average molecular weight is 511 g/mol. The largest absolute Gasteiger partial charge is 0.481 e. The summed E-state index contributed by atoms with van der Waals surface area (Å²) in [7, 11) is -1.34. The van der Waals surface area contributed by atoms with E-state index in [0.717, 1.165) is 6.42 Å². The second-order valence-electron chi connectivity index (χ2n) is 9.10. The van der Waals surface area contributed by atoms with Gasteiger partial charge in [-0.25, -0.2) is 0 Å². The fourth-order valence-corrected chi connectivity index (χ4v) is 3.58. The van der Waals surface area contributed by atoms with E-state index in [-0.39, 0.29) is 40.8 Å². The molecule has 0 aromatic carbocycles. The molecule has 33 heavy (non-hydrogen) atoms. The third-order valence-electron chi connectivity index (χ3n) is 5.06. The first-order chi connectivity index (χ1) is 15.0. The molecule has 1 rings (SSSR count). The van der Waals surface area contributed by atoms with E-state index < -0.39 is 46.6 Å². The van der Waals surface area contributed by atoms with Crippen molar-refractivity contribution in [3.8, 4) is 0 Å². The van der Waals surface area contributed by atoms with E-state index in [2.05, 4.69) is 31.4 Å². The summed E-state index contributed by atoms with van der Waals surface area (Å²) < 4.78 is 9.51. The van der Waals surface area contributed by atoms with Crippen molar-refractivity contribution in [2.24, 2.45) is 0 Å². The SMILES string of the molecule is CC(C)(C)S(C)(C)O.O=C(O)CCCC(=O)NC(CSC1CCC(=O)C1)C(=O)NCC(=O)O. The van der Waals surface area contributed by atoms with Gasteiger partial charge in [0.15, 0.2) is 0 Å². The molecule has 0 heterocycles. The molecule has 0 aliphatic heterocycles. The molecule has 0 aromatic heterocycles. The lowest BCUT2D eigenvalue weighted by molar-refractivity contribution is -0.138. The highest BCUT2D eigenvalue weighted by Crippen LogP contribution is 2.48. The third-order valence-corrected chi connectivity index (χ3v) is 9.45. The van der Waals surface area contributed by atoms with Gasteiger partial charge < -0.3 is 25.4 Å². The van der Waals surface area contributed by atoms with Crippen molar-refractivity contribution in [3.05, 3.63) is 0 Å². The number of ketones is 1. The minimum absolute atomic E-state index is 0.0401. The number of hydrogen-bond donors (Lipinski definition) is 5. The van der Waals surface area contributed by atoms with Crippen LogP contribution in [-0.2, 0) is 24.0 Å². The Morgan fingerprint density at radius 1 is 1.12 bits per heavy atom. The quantitative estimate of drug-likeness (QED) is 0.279. The number of rotatable bonds is 11. The van der Waals surface area contributed by atoms with Gasteiger partial charge in [0.25, 0.3) is 0 Å². The van der Waals surface area contributed by atoms with E-state index >= 15 is 0 Å². The maximum absolute atomic E-state index is 12.1. The van der Waals surface area contributed by atoms with Crippen LogP contribution in [0.25, 0.3) is 0 Å². The second kappa shape index (κ2) is 14.5. The molecule has 192 valence electrons. The number of nitrogens with one attached hydrogen (secondary N) is 2. The summed E-state index contributed by atoms with van der Waals surface area (Å²) >= 11 is 1.39. The van der Waals surface area contributed by atoms with E-state index in [1.54, 1.807) is 0 Å². The lowest BCUT2D eigenvalue weighted by Gasteiger charge is -2.38. The van der Waals surface area contributed by atoms with Gasteiger partial charge in [-0.1, -0.05) is 20.8 Å². The maximum atomic E-state index is 12.1. The van der Waals surface area contributed by atoms with E-state index in [1.807, 2.05) is 12.5 Å². The minimum Gasteiger partial charge on any atom is -0.481 e. The van der Waals surface area contributed by atoms with Crippen LogP contribution in [0.3, 0.4) is 0 Å². The van der Waals surface area contributed by atoms with Crippen LogP contribution < -0.4 is 10.6 Å². The lowest BCUT2D eigenvalue weighted by Crippen LogP contribution is -2.49. The van der Waals surface area contributed by atoms with E-state index in [4.69, 9.17) is 10.2 Å². The fraction of sp³-hybridized carbons (Fsp3) is 0.762. The predicted molar refractivity (Wildman–Crippen MR) is 131 cm³/mol. The van der Waals surface area contributed by atoms with Crippen LogP contribution in [0.2, 0.25) is 0 Å². The summed E-state index contributed by atoms with van der Waals surface area (Å²) in [5, 5.41) is 22.0. The van der Waals surface area contributed by atoms with Gasteiger partial charge in [0, 0.05) is 41.4 Å². The van der Waals surface area contributed by atoms with Gasteiger partial charge in [-0.05, 0) is 25.4 Å². The van der Waals surface area contributed by atoms with Crippen LogP contribution in [0.4, 0.5) is 0 Å². The van der Waals surface area contributed by atoms with Gasteiger partial charge in [-0.3, -0.25) is 24.0 Å². The Morgan fingerprint density at radius 3 is 2.12 bits per heavy atom. The fourth-order valence-electron chi connectivity index (χ4n) is 2.29. The van der Waals surface area contributed by atoms with Crippen LogP contribution in [0, 0.1) is 0 Å². The van der Waals surface area contributed by atoms with Crippen LogP contribution in [-0.4, -0.2) is 85.1 Å². The third kappa shape index (κ3) is 14.9. The highest BCUT2D eigenvalue weighted by Gasteiger charge is 2.27. The molecule has 1 fully saturated rings. The van der Waals surface area contributed by atoms with Crippen molar-refractivity contribution in [1.29, 1.82) is 0 Å². The molecule has 1 aliphatic rings. The predicted octanol–water partition coefficient (Wildman–Crippen LogP) is 2.10. The smallest absolute Gasteiger partial charge is 0.322 e. The van der Waals surface area contributed by atoms with Crippen molar-refractivity contribution >= 4 is 51.6 Å². The number of carbonyl (C=O) groups is 5. The van der Waals surface area contributed by atoms with E-state index in [9.17, 15) is 28.5 Å². The van der Waals surface area contributed by atoms with Crippen molar-refractivity contribution in [2.75, 3.05) is 24.8 Å². The number of Topliss-reactive ketones (excluding diaryl/α,β-unsaturated/α-hetero) is 1. The monoisotopic (exact) mass is 510 g/mol. The first kappa shape index (κ1) is 31.2. The zero-order chi connectivity index (χ0) is 25.8. The Balaban J connectivity index is 0.00000109. The van der Waals surface area contributed by atoms with Gasteiger partial charge in [0.05, 0.1) is 0 Å². The summed E-state index contributed by atoms with van der Waals surface area (Å²) in [6.45, 7) is 5.61. The van der Waals surface area contributed by atoms with Gasteiger partial charge in [0.2, 0.25) is 11.8 Å². The highest BCUT2D eigenvalue weighted by molar-refractivity contribution is 8.29. The van der Waals surface area contributed by atoms with E-state index in [0.29, 0.717) is 12.8 Å². The standard InChI is InChI=1S/C15H22N2O7S.C6H16OS/c18-9-4-5-10(6-9)25-8-11(15(24)16-7-14(22)23)17-12(19)2-1-3-13(20)21;1-6(2,3)8(4,5)7/h10-11H,1-8H2,(H,16,24)(H,17,19)(H,20,21)(H,22,23);7H,1-5H3. The first-order valence-corrected chi connectivity index (χ1v) is 14.1. The topological polar surface area (TPSA) is 170 Å². The lowest BCUT2D eigenvalue weighted by atomic mass is 10.2. The molecule has 5 N–H and O–H groups in total. The van der Waals surface area contributed by atoms with Gasteiger partial charge in [-0.15, -0.1) is 10.3 Å². The number of carbonyl (C=O) groups excluding carboxylic acids is 3. The minimum atomic E-state index is -1.34. The zero-order valence-electron chi connectivity index (χ0n) is 20.0. The van der Waals surface area contributed by atoms with Gasteiger partial charge in [-0.2, -0.15) is 11.8 Å². The van der Waals surface area contributed by atoms with Gasteiger partial charge >= 0.3 is 11.9 Å². The zero-order valence-corrected chi connectivity index (χ0v) is 21.6. The number of hydrogen-bond acceptors (Lipinski definition) is 7. The number of carboxylic acid groups (broad SMARTS) is 2. The average Bonchev–Trinajstić information content (AvgIpc) is 3.07. The summed E-state index contributed by atoms with van der Waals surface area (Å²) in [6, 6.07) is -0.933. The van der Waals surface area contributed by atoms with Crippen molar-refractivity contribution in [3.63, 3.8) is 0 Å². The van der Waals surface area contributed by atoms with Crippen molar-refractivity contribution in [2.45, 2.75) is 75.3 Å². The summed E-state index contributed by atoms with van der Waals surface area (Å²) in [5.41, 5.74) is 0. The molecule has 10 nitrogen and oxygen atoms in total. The van der Waals surface area contributed by atoms with Crippen LogP contribution in [0.5, 0.6) is 0 Å². The molecule has 0 aromatic rings. The van der Waals surface area contributed by atoms with Crippen LogP contribution in [0.1, 0.15) is 59.3 Å². The first-order valence-electron chi connectivity index (χ1n) is 10.6. The molecular formula is C21H38N2O8S2. The molecule has 12 heteroatoms. The molecule has 0 bridgehead atoms. The van der Waals surface area contributed by atoms with E-state index in [1.165, 1.54) is 11.8 Å². The molecule has 0 saturated heterocycles. The Kier molecular flexibility index (Phi) is 13.7. The van der Waals surface area contributed by atoms with Crippen molar-refractivity contribution < 1.29 is 38.7 Å². The number of aliphatic carboxylic acids is 2. The molecule has 2 unspecified atom stereocenters. The molecule has 1 aliphatic carbocycles. The normalized spacial score (nSPS) is 17.4. The highest BCUT2D eigenvalue weighted by atomic mass is 32.3. The number of carboxylic acids is 2. The Hall–Kier alpha value is -1.79. The Bertz CT molecular complexity index is 689.